The second-order valence-corrected chi connectivity index (χ2v) is 4.83. The number of rotatable bonds is 4. The van der Waals surface area contributed by atoms with E-state index in [1.807, 2.05) is 6.07 Å². The summed E-state index contributed by atoms with van der Waals surface area (Å²) in [5.41, 5.74) is 0.939. The van der Waals surface area contributed by atoms with E-state index in [9.17, 15) is 0 Å². The first-order chi connectivity index (χ1) is 6.59. The van der Waals surface area contributed by atoms with E-state index < -0.39 is 0 Å². The molecule has 0 saturated heterocycles. The van der Waals surface area contributed by atoms with Crippen LogP contribution < -0.4 is 5.32 Å². The van der Waals surface area contributed by atoms with Gasteiger partial charge in [0, 0.05) is 28.2 Å². The third-order valence-corrected chi connectivity index (χ3v) is 2.74. The van der Waals surface area contributed by atoms with Gasteiger partial charge in [-0.3, -0.25) is 4.98 Å². The van der Waals surface area contributed by atoms with E-state index in [1.165, 1.54) is 0 Å². The summed E-state index contributed by atoms with van der Waals surface area (Å²) in [6.45, 7) is 2.97. The lowest BCUT2D eigenvalue weighted by molar-refractivity contribution is 0.191. The Hall–Kier alpha value is 0.0300. The number of aromatic nitrogens is 1. The number of hydrogen-bond donors (Lipinski definition) is 2. The molecule has 0 aliphatic heterocycles. The number of pyridine rings is 1. The van der Waals surface area contributed by atoms with Crippen LogP contribution in [0.3, 0.4) is 0 Å². The van der Waals surface area contributed by atoms with Gasteiger partial charge < -0.3 is 10.4 Å². The van der Waals surface area contributed by atoms with E-state index >= 15 is 0 Å². The van der Waals surface area contributed by atoms with Crippen LogP contribution in [-0.4, -0.2) is 22.7 Å². The lowest BCUT2D eigenvalue weighted by Gasteiger charge is -2.07. The van der Waals surface area contributed by atoms with E-state index in [1.54, 1.807) is 13.1 Å². The van der Waals surface area contributed by atoms with Gasteiger partial charge in [-0.05, 0) is 44.8 Å². The average Bonchev–Trinajstić information content (AvgIpc) is 2.08. The van der Waals surface area contributed by atoms with Gasteiger partial charge in [0.2, 0.25) is 0 Å². The zero-order valence-corrected chi connectivity index (χ0v) is 11.0. The molecule has 1 aromatic heterocycles. The van der Waals surface area contributed by atoms with Crippen molar-refractivity contribution >= 4 is 31.9 Å². The summed E-state index contributed by atoms with van der Waals surface area (Å²) in [4.78, 5) is 4.24. The summed E-state index contributed by atoms with van der Waals surface area (Å²) >= 11 is 6.75. The molecule has 0 spiro atoms. The minimum atomic E-state index is -0.329. The monoisotopic (exact) mass is 322 g/mol. The molecule has 1 aromatic rings. The molecular weight excluding hydrogens is 312 g/mol. The molecule has 2 N–H and O–H groups in total. The fraction of sp³-hybridized carbons (Fsp3) is 0.444. The van der Waals surface area contributed by atoms with Crippen LogP contribution in [-0.2, 0) is 6.54 Å². The summed E-state index contributed by atoms with van der Waals surface area (Å²) in [5, 5.41) is 12.1. The van der Waals surface area contributed by atoms with Crippen LogP contribution in [0.1, 0.15) is 12.6 Å². The zero-order chi connectivity index (χ0) is 10.6. The normalized spacial score (nSPS) is 12.9. The number of nitrogens with one attached hydrogen (secondary N) is 1. The predicted molar refractivity (Wildman–Crippen MR) is 63.0 cm³/mol. The average molecular weight is 324 g/mol. The van der Waals surface area contributed by atoms with Crippen LogP contribution in [0.25, 0.3) is 0 Å². The van der Waals surface area contributed by atoms with Crippen molar-refractivity contribution in [1.82, 2.24) is 10.3 Å². The standard InChI is InChI=1S/C9H12Br2N2O/c1-6(14)3-12-5-9-8(11)2-7(10)4-13-9/h2,4,6,12,14H,3,5H2,1H3. The van der Waals surface area contributed by atoms with Crippen LogP contribution in [0.2, 0.25) is 0 Å². The van der Waals surface area contributed by atoms with Gasteiger partial charge in [0.15, 0.2) is 0 Å². The Bertz CT molecular complexity index is 305. The van der Waals surface area contributed by atoms with Crippen molar-refractivity contribution in [2.45, 2.75) is 19.6 Å². The molecule has 0 saturated carbocycles. The maximum absolute atomic E-state index is 9.04. The fourth-order valence-electron chi connectivity index (χ4n) is 0.972. The van der Waals surface area contributed by atoms with Crippen LogP contribution in [0, 0.1) is 0 Å². The molecule has 78 valence electrons. The Kier molecular flexibility index (Phi) is 5.01. The molecule has 14 heavy (non-hydrogen) atoms. The minimum Gasteiger partial charge on any atom is -0.392 e. The van der Waals surface area contributed by atoms with Crippen LogP contribution in [0.5, 0.6) is 0 Å². The molecule has 5 heteroatoms. The molecule has 1 rings (SSSR count). The maximum atomic E-state index is 9.04. The molecule has 1 unspecified atom stereocenters. The fourth-order valence-corrected chi connectivity index (χ4v) is 2.10. The first-order valence-corrected chi connectivity index (χ1v) is 5.87. The second kappa shape index (κ2) is 5.80. The van der Waals surface area contributed by atoms with E-state index in [-0.39, 0.29) is 6.10 Å². The molecule has 0 fully saturated rings. The van der Waals surface area contributed by atoms with Crippen molar-refractivity contribution < 1.29 is 5.11 Å². The van der Waals surface area contributed by atoms with Gasteiger partial charge >= 0.3 is 0 Å². The van der Waals surface area contributed by atoms with Gasteiger partial charge in [-0.2, -0.15) is 0 Å². The van der Waals surface area contributed by atoms with E-state index in [4.69, 9.17) is 5.11 Å². The molecule has 0 amide bonds. The van der Waals surface area contributed by atoms with E-state index in [0.29, 0.717) is 13.1 Å². The largest absolute Gasteiger partial charge is 0.392 e. The lowest BCUT2D eigenvalue weighted by atomic mass is 10.3. The Morgan fingerprint density at radius 3 is 2.86 bits per heavy atom. The van der Waals surface area contributed by atoms with Crippen molar-refractivity contribution in [1.29, 1.82) is 0 Å². The van der Waals surface area contributed by atoms with Gasteiger partial charge in [0.1, 0.15) is 0 Å². The first-order valence-electron chi connectivity index (χ1n) is 4.28. The van der Waals surface area contributed by atoms with Gasteiger partial charge in [0.25, 0.3) is 0 Å². The van der Waals surface area contributed by atoms with Crippen molar-refractivity contribution in [3.63, 3.8) is 0 Å². The Balaban J connectivity index is 2.51. The van der Waals surface area contributed by atoms with Crippen molar-refractivity contribution in [3.05, 3.63) is 26.9 Å². The zero-order valence-electron chi connectivity index (χ0n) is 7.80. The number of halogens is 2. The van der Waals surface area contributed by atoms with Crippen molar-refractivity contribution in [3.8, 4) is 0 Å². The molecule has 1 atom stereocenters. The number of nitrogens with zero attached hydrogens (tertiary/aromatic N) is 1. The third-order valence-electron chi connectivity index (χ3n) is 1.62. The lowest BCUT2D eigenvalue weighted by Crippen LogP contribution is -2.24. The van der Waals surface area contributed by atoms with Gasteiger partial charge in [-0.25, -0.2) is 0 Å². The van der Waals surface area contributed by atoms with Gasteiger partial charge in [-0.15, -0.1) is 0 Å². The van der Waals surface area contributed by atoms with Crippen LogP contribution in [0.4, 0.5) is 0 Å². The SMILES string of the molecule is CC(O)CNCc1ncc(Br)cc1Br. The molecule has 3 nitrogen and oxygen atoms in total. The summed E-state index contributed by atoms with van der Waals surface area (Å²) in [6.07, 6.45) is 1.42. The molecule has 0 aromatic carbocycles. The Morgan fingerprint density at radius 2 is 2.29 bits per heavy atom. The minimum absolute atomic E-state index is 0.329. The van der Waals surface area contributed by atoms with Crippen molar-refractivity contribution in [2.24, 2.45) is 0 Å². The van der Waals surface area contributed by atoms with Gasteiger partial charge in [-0.1, -0.05) is 0 Å². The highest BCUT2D eigenvalue weighted by Crippen LogP contribution is 2.19. The first kappa shape index (κ1) is 12.1. The van der Waals surface area contributed by atoms with E-state index in [2.05, 4.69) is 42.2 Å². The third kappa shape index (κ3) is 4.04. The predicted octanol–water partition coefficient (Wildman–Crippen LogP) is 2.08. The summed E-state index contributed by atoms with van der Waals surface area (Å²) in [7, 11) is 0. The summed E-state index contributed by atoms with van der Waals surface area (Å²) in [6, 6.07) is 1.95. The highest BCUT2D eigenvalue weighted by Gasteiger charge is 2.02. The quantitative estimate of drug-likeness (QED) is 0.891. The molecule has 1 heterocycles. The highest BCUT2D eigenvalue weighted by molar-refractivity contribution is 9.11. The van der Waals surface area contributed by atoms with Crippen LogP contribution in [0.15, 0.2) is 21.2 Å². The molecule has 0 aliphatic rings. The second-order valence-electron chi connectivity index (χ2n) is 3.06. The topological polar surface area (TPSA) is 45.1 Å². The Morgan fingerprint density at radius 1 is 1.57 bits per heavy atom. The number of hydrogen-bond acceptors (Lipinski definition) is 3. The molecule has 0 bridgehead atoms. The summed E-state index contributed by atoms with van der Waals surface area (Å²) in [5.74, 6) is 0. The van der Waals surface area contributed by atoms with Gasteiger partial charge in [0.05, 0.1) is 11.8 Å². The summed E-state index contributed by atoms with van der Waals surface area (Å²) < 4.78 is 1.91. The number of aliphatic hydroxyl groups excluding tert-OH is 1. The molecular formula is C9H12Br2N2O. The smallest absolute Gasteiger partial charge is 0.0684 e. The van der Waals surface area contributed by atoms with E-state index in [0.717, 1.165) is 14.6 Å². The highest BCUT2D eigenvalue weighted by atomic mass is 79.9. The van der Waals surface area contributed by atoms with Crippen LogP contribution >= 0.6 is 31.9 Å². The molecule has 0 radical (unpaired) electrons. The molecule has 0 aliphatic carbocycles. The maximum Gasteiger partial charge on any atom is 0.0684 e. The number of aliphatic hydroxyl groups is 1. The Labute approximate surface area is 100 Å². The van der Waals surface area contributed by atoms with Crippen molar-refractivity contribution in [2.75, 3.05) is 6.54 Å².